The van der Waals surface area contributed by atoms with E-state index in [9.17, 15) is 18.4 Å². The normalized spacial score (nSPS) is 10.6. The molecule has 0 aliphatic rings. The summed E-state index contributed by atoms with van der Waals surface area (Å²) in [5.74, 6) is -1.87. The number of nitrogens with zero attached hydrogens (tertiary/aromatic N) is 3. The highest BCUT2D eigenvalue weighted by Crippen LogP contribution is 2.25. The molecule has 4 rings (SSSR count). The van der Waals surface area contributed by atoms with Crippen LogP contribution in [0.2, 0.25) is 0 Å². The number of hydrogen-bond donors (Lipinski definition) is 2. The number of thioether (sulfide) groups is 1. The minimum atomic E-state index is -0.762. The topological polar surface area (TPSA) is 88.9 Å². The van der Waals surface area contributed by atoms with Crippen LogP contribution in [0.15, 0.2) is 84.0 Å². The summed E-state index contributed by atoms with van der Waals surface area (Å²) in [6, 6.07) is 21.0. The van der Waals surface area contributed by atoms with E-state index in [0.29, 0.717) is 23.1 Å². The number of carbonyl (C=O) groups is 2. The Morgan fingerprint density at radius 2 is 1.56 bits per heavy atom. The maximum absolute atomic E-state index is 13.7. The third kappa shape index (κ3) is 5.65. The number of halogens is 2. The van der Waals surface area contributed by atoms with Gasteiger partial charge in [-0.3, -0.25) is 25.0 Å². The van der Waals surface area contributed by atoms with Crippen molar-refractivity contribution in [3.8, 4) is 11.4 Å². The van der Waals surface area contributed by atoms with E-state index in [-0.39, 0.29) is 17.1 Å². The van der Waals surface area contributed by atoms with Crippen molar-refractivity contribution in [1.29, 1.82) is 0 Å². The lowest BCUT2D eigenvalue weighted by Crippen LogP contribution is -2.42. The monoisotopic (exact) mass is 479 g/mol. The molecule has 1 aromatic heterocycles. The number of aromatic nitrogens is 3. The molecule has 4 aromatic rings. The quantitative estimate of drug-likeness (QED) is 0.311. The van der Waals surface area contributed by atoms with Crippen molar-refractivity contribution in [3.05, 3.63) is 102 Å². The number of carbonyl (C=O) groups excluding carboxylic acids is 2. The molecule has 3 aromatic carbocycles. The van der Waals surface area contributed by atoms with Gasteiger partial charge in [-0.2, -0.15) is 0 Å². The van der Waals surface area contributed by atoms with Gasteiger partial charge in [0.15, 0.2) is 11.0 Å². The van der Waals surface area contributed by atoms with Gasteiger partial charge in [-0.1, -0.05) is 54.2 Å². The predicted octanol–water partition coefficient (Wildman–Crippen LogP) is 3.82. The zero-order chi connectivity index (χ0) is 23.9. The van der Waals surface area contributed by atoms with Crippen LogP contribution in [0.4, 0.5) is 8.78 Å². The van der Waals surface area contributed by atoms with E-state index in [1.54, 1.807) is 12.1 Å². The second kappa shape index (κ2) is 10.7. The molecule has 0 saturated heterocycles. The Morgan fingerprint density at radius 3 is 2.29 bits per heavy atom. The molecule has 172 valence electrons. The summed E-state index contributed by atoms with van der Waals surface area (Å²) in [4.78, 5) is 24.3. The molecule has 0 spiro atoms. The van der Waals surface area contributed by atoms with Gasteiger partial charge in [0.1, 0.15) is 11.6 Å². The molecular weight excluding hydrogens is 460 g/mol. The highest BCUT2D eigenvalue weighted by Gasteiger charge is 2.17. The standard InChI is InChI=1S/C24H19F2N5O2S/c25-18-12-10-17(11-13-18)22-28-30-24(31(22)14-16-6-2-1-3-7-16)34-15-21(32)27-29-23(33)19-8-4-5-9-20(19)26/h1-13H,14-15H2,(H,27,32)(H,29,33). The van der Waals surface area contributed by atoms with E-state index in [1.165, 1.54) is 30.3 Å². The first-order chi connectivity index (χ1) is 16.5. The zero-order valence-corrected chi connectivity index (χ0v) is 18.6. The van der Waals surface area contributed by atoms with Crippen LogP contribution < -0.4 is 10.9 Å². The summed E-state index contributed by atoms with van der Waals surface area (Å²) in [5.41, 5.74) is 5.96. The first-order valence-electron chi connectivity index (χ1n) is 10.2. The van der Waals surface area contributed by atoms with Crippen LogP contribution >= 0.6 is 11.8 Å². The average molecular weight is 480 g/mol. The van der Waals surface area contributed by atoms with E-state index in [4.69, 9.17) is 0 Å². The Morgan fingerprint density at radius 1 is 0.853 bits per heavy atom. The summed E-state index contributed by atoms with van der Waals surface area (Å²) >= 11 is 1.12. The second-order valence-electron chi connectivity index (χ2n) is 7.16. The van der Waals surface area contributed by atoms with Gasteiger partial charge in [-0.25, -0.2) is 8.78 Å². The van der Waals surface area contributed by atoms with Crippen LogP contribution in [0.3, 0.4) is 0 Å². The van der Waals surface area contributed by atoms with Gasteiger partial charge in [0.2, 0.25) is 5.91 Å². The Bertz CT molecular complexity index is 1300. The minimum Gasteiger partial charge on any atom is -0.298 e. The van der Waals surface area contributed by atoms with Crippen molar-refractivity contribution in [2.45, 2.75) is 11.7 Å². The van der Waals surface area contributed by atoms with Crippen molar-refractivity contribution in [3.63, 3.8) is 0 Å². The first-order valence-corrected chi connectivity index (χ1v) is 11.2. The van der Waals surface area contributed by atoms with Crippen molar-refractivity contribution < 1.29 is 18.4 Å². The molecule has 2 amide bonds. The third-order valence-corrected chi connectivity index (χ3v) is 5.74. The first kappa shape index (κ1) is 23.1. The fourth-order valence-electron chi connectivity index (χ4n) is 3.12. The molecule has 0 unspecified atom stereocenters. The number of benzene rings is 3. The Labute approximate surface area is 198 Å². The Hall–Kier alpha value is -4.05. The Balaban J connectivity index is 1.45. The van der Waals surface area contributed by atoms with Gasteiger partial charge >= 0.3 is 0 Å². The predicted molar refractivity (Wildman–Crippen MR) is 124 cm³/mol. The highest BCUT2D eigenvalue weighted by atomic mass is 32.2. The smallest absolute Gasteiger partial charge is 0.272 e. The van der Waals surface area contributed by atoms with Gasteiger partial charge in [0, 0.05) is 5.56 Å². The molecule has 7 nitrogen and oxygen atoms in total. The van der Waals surface area contributed by atoms with E-state index in [2.05, 4.69) is 21.0 Å². The third-order valence-electron chi connectivity index (χ3n) is 4.77. The largest absolute Gasteiger partial charge is 0.298 e. The van der Waals surface area contributed by atoms with Crippen molar-refractivity contribution in [2.75, 3.05) is 5.75 Å². The van der Waals surface area contributed by atoms with Gasteiger partial charge in [-0.05, 0) is 42.0 Å². The molecule has 2 N–H and O–H groups in total. The maximum atomic E-state index is 13.7. The van der Waals surface area contributed by atoms with Gasteiger partial charge in [0.25, 0.3) is 5.91 Å². The SMILES string of the molecule is O=C(CSc1nnc(-c2ccc(F)cc2)n1Cc1ccccc1)NNC(=O)c1ccccc1F. The number of amides is 2. The van der Waals surface area contributed by atoms with Crippen LogP contribution in [-0.2, 0) is 11.3 Å². The maximum Gasteiger partial charge on any atom is 0.272 e. The molecule has 0 aliphatic carbocycles. The highest BCUT2D eigenvalue weighted by molar-refractivity contribution is 7.99. The van der Waals surface area contributed by atoms with Crippen LogP contribution in [0, 0.1) is 11.6 Å². The summed E-state index contributed by atoms with van der Waals surface area (Å²) in [6.45, 7) is 0.439. The molecule has 0 radical (unpaired) electrons. The number of rotatable bonds is 7. The summed E-state index contributed by atoms with van der Waals surface area (Å²) < 4.78 is 28.9. The van der Waals surface area contributed by atoms with E-state index in [0.717, 1.165) is 23.4 Å². The van der Waals surface area contributed by atoms with E-state index < -0.39 is 17.6 Å². The minimum absolute atomic E-state index is 0.0755. The van der Waals surface area contributed by atoms with Crippen molar-refractivity contribution in [1.82, 2.24) is 25.6 Å². The van der Waals surface area contributed by atoms with Crippen molar-refractivity contribution >= 4 is 23.6 Å². The fourth-order valence-corrected chi connectivity index (χ4v) is 3.86. The number of hydrazine groups is 1. The molecule has 0 bridgehead atoms. The summed E-state index contributed by atoms with van der Waals surface area (Å²) in [6.07, 6.45) is 0. The molecule has 0 aliphatic heterocycles. The van der Waals surface area contributed by atoms with E-state index in [1.807, 2.05) is 34.9 Å². The van der Waals surface area contributed by atoms with Crippen LogP contribution in [0.5, 0.6) is 0 Å². The molecule has 34 heavy (non-hydrogen) atoms. The molecule has 1 heterocycles. The fraction of sp³-hybridized carbons (Fsp3) is 0.0833. The second-order valence-corrected chi connectivity index (χ2v) is 8.10. The average Bonchev–Trinajstić information content (AvgIpc) is 3.25. The number of nitrogens with one attached hydrogen (secondary N) is 2. The lowest BCUT2D eigenvalue weighted by atomic mass is 10.2. The summed E-state index contributed by atoms with van der Waals surface area (Å²) in [5, 5.41) is 8.91. The molecule has 0 saturated carbocycles. The van der Waals surface area contributed by atoms with E-state index >= 15 is 0 Å². The Kier molecular flexibility index (Phi) is 7.28. The van der Waals surface area contributed by atoms with Crippen LogP contribution in [0.1, 0.15) is 15.9 Å². The molecule has 10 heteroatoms. The number of hydrogen-bond acceptors (Lipinski definition) is 5. The molecular formula is C24H19F2N5O2S. The van der Waals surface area contributed by atoms with Gasteiger partial charge in [-0.15, -0.1) is 10.2 Å². The lowest BCUT2D eigenvalue weighted by molar-refractivity contribution is -0.119. The molecule has 0 atom stereocenters. The lowest BCUT2D eigenvalue weighted by Gasteiger charge is -2.11. The van der Waals surface area contributed by atoms with Crippen molar-refractivity contribution in [2.24, 2.45) is 0 Å². The zero-order valence-electron chi connectivity index (χ0n) is 17.7. The van der Waals surface area contributed by atoms with Gasteiger partial charge < -0.3 is 0 Å². The van der Waals surface area contributed by atoms with Gasteiger partial charge in [0.05, 0.1) is 17.9 Å². The van der Waals surface area contributed by atoms with Crippen LogP contribution in [-0.4, -0.2) is 32.3 Å². The summed E-state index contributed by atoms with van der Waals surface area (Å²) in [7, 11) is 0. The van der Waals surface area contributed by atoms with Crippen LogP contribution in [0.25, 0.3) is 11.4 Å². The molecule has 0 fully saturated rings.